The zero-order chi connectivity index (χ0) is 10.6. The fraction of sp³-hybridized carbons (Fsp3) is 0.375. The standard InChI is InChI=1S/C8H12N4O2/c1-5-10-6(3-7(9)12-13)4-8(11-5)14-2/h4,13H,3H2,1-2H3,(H2,9,12). The molecule has 0 unspecified atom stereocenters. The topological polar surface area (TPSA) is 93.6 Å². The van der Waals surface area contributed by atoms with Gasteiger partial charge >= 0.3 is 0 Å². The molecule has 0 atom stereocenters. The number of methoxy groups -OCH3 is 1. The number of oxime groups is 1. The highest BCUT2D eigenvalue weighted by Gasteiger charge is 2.03. The minimum absolute atomic E-state index is 0.102. The van der Waals surface area contributed by atoms with Crippen LogP contribution in [0.5, 0.6) is 5.88 Å². The van der Waals surface area contributed by atoms with E-state index in [9.17, 15) is 0 Å². The van der Waals surface area contributed by atoms with E-state index in [0.717, 1.165) is 0 Å². The number of rotatable bonds is 3. The molecule has 14 heavy (non-hydrogen) atoms. The maximum absolute atomic E-state index is 8.38. The molecule has 0 spiro atoms. The molecule has 0 saturated carbocycles. The first-order chi connectivity index (χ1) is 6.65. The Balaban J connectivity index is 2.92. The first-order valence-electron chi connectivity index (χ1n) is 4.00. The Labute approximate surface area is 81.4 Å². The molecule has 6 nitrogen and oxygen atoms in total. The van der Waals surface area contributed by atoms with Crippen molar-refractivity contribution >= 4 is 5.84 Å². The highest BCUT2D eigenvalue weighted by Crippen LogP contribution is 2.08. The summed E-state index contributed by atoms with van der Waals surface area (Å²) in [6.07, 6.45) is 0.274. The van der Waals surface area contributed by atoms with E-state index in [4.69, 9.17) is 15.7 Å². The van der Waals surface area contributed by atoms with Crippen molar-refractivity contribution in [1.82, 2.24) is 9.97 Å². The number of amidine groups is 1. The van der Waals surface area contributed by atoms with Crippen LogP contribution in [0, 0.1) is 6.92 Å². The van der Waals surface area contributed by atoms with E-state index in [2.05, 4.69) is 15.1 Å². The van der Waals surface area contributed by atoms with E-state index < -0.39 is 0 Å². The van der Waals surface area contributed by atoms with Gasteiger partial charge in [0.15, 0.2) is 0 Å². The quantitative estimate of drug-likeness (QED) is 0.309. The molecule has 1 aromatic rings. The van der Waals surface area contributed by atoms with Gasteiger partial charge in [0.2, 0.25) is 5.88 Å². The summed E-state index contributed by atoms with van der Waals surface area (Å²) < 4.78 is 4.96. The molecule has 1 rings (SSSR count). The van der Waals surface area contributed by atoms with Crippen molar-refractivity contribution in [2.45, 2.75) is 13.3 Å². The summed E-state index contributed by atoms with van der Waals surface area (Å²) in [4.78, 5) is 8.12. The lowest BCUT2D eigenvalue weighted by atomic mass is 10.3. The van der Waals surface area contributed by atoms with Gasteiger partial charge in [-0.3, -0.25) is 0 Å². The Morgan fingerprint density at radius 3 is 2.93 bits per heavy atom. The SMILES string of the molecule is COc1cc(C/C(N)=N/O)nc(C)n1. The number of nitrogens with two attached hydrogens (primary N) is 1. The molecule has 1 heterocycles. The molecule has 76 valence electrons. The lowest BCUT2D eigenvalue weighted by molar-refractivity contribution is 0.317. The molecule has 0 aliphatic carbocycles. The highest BCUT2D eigenvalue weighted by molar-refractivity contribution is 5.81. The van der Waals surface area contributed by atoms with Crippen molar-refractivity contribution in [1.29, 1.82) is 0 Å². The fourth-order valence-electron chi connectivity index (χ4n) is 1.02. The zero-order valence-electron chi connectivity index (χ0n) is 8.06. The molecule has 6 heteroatoms. The average molecular weight is 196 g/mol. The van der Waals surface area contributed by atoms with Crippen molar-refractivity contribution in [3.05, 3.63) is 17.6 Å². The predicted octanol–water partition coefficient (Wildman–Crippen LogP) is 0.0825. The molecule has 0 aliphatic heterocycles. The van der Waals surface area contributed by atoms with Crippen molar-refractivity contribution in [2.75, 3.05) is 7.11 Å². The molecule has 0 bridgehead atoms. The number of nitrogens with zero attached hydrogens (tertiary/aromatic N) is 3. The van der Waals surface area contributed by atoms with Crippen LogP contribution >= 0.6 is 0 Å². The van der Waals surface area contributed by atoms with E-state index in [1.165, 1.54) is 7.11 Å². The van der Waals surface area contributed by atoms with Crippen LogP contribution in [0.4, 0.5) is 0 Å². The third kappa shape index (κ3) is 2.58. The Hall–Kier alpha value is -1.85. The summed E-state index contributed by atoms with van der Waals surface area (Å²) in [5, 5.41) is 11.2. The summed E-state index contributed by atoms with van der Waals surface area (Å²) in [5.74, 6) is 1.16. The average Bonchev–Trinajstić information content (AvgIpc) is 2.16. The fourth-order valence-corrected chi connectivity index (χ4v) is 1.02. The number of aryl methyl sites for hydroxylation is 1. The van der Waals surface area contributed by atoms with Crippen molar-refractivity contribution in [2.24, 2.45) is 10.9 Å². The van der Waals surface area contributed by atoms with E-state index in [-0.39, 0.29) is 12.3 Å². The second-order valence-electron chi connectivity index (χ2n) is 2.72. The van der Waals surface area contributed by atoms with Crippen molar-refractivity contribution in [3.8, 4) is 5.88 Å². The molecule has 0 aromatic carbocycles. The summed E-state index contributed by atoms with van der Waals surface area (Å²) in [7, 11) is 1.52. The van der Waals surface area contributed by atoms with Crippen LogP contribution in [-0.4, -0.2) is 28.1 Å². The minimum Gasteiger partial charge on any atom is -0.481 e. The van der Waals surface area contributed by atoms with Crippen LogP contribution in [0.2, 0.25) is 0 Å². The zero-order valence-corrected chi connectivity index (χ0v) is 8.06. The van der Waals surface area contributed by atoms with E-state index in [1.807, 2.05) is 0 Å². The van der Waals surface area contributed by atoms with E-state index >= 15 is 0 Å². The molecule has 3 N–H and O–H groups in total. The number of aromatic nitrogens is 2. The van der Waals surface area contributed by atoms with E-state index in [0.29, 0.717) is 17.4 Å². The number of ether oxygens (including phenoxy) is 1. The molecular weight excluding hydrogens is 184 g/mol. The number of hydrogen-bond donors (Lipinski definition) is 2. The van der Waals surface area contributed by atoms with Gasteiger partial charge in [-0.2, -0.15) is 4.98 Å². The first-order valence-corrected chi connectivity index (χ1v) is 4.00. The van der Waals surface area contributed by atoms with Gasteiger partial charge in [-0.25, -0.2) is 4.98 Å². The Kier molecular flexibility index (Phi) is 3.22. The third-order valence-corrected chi connectivity index (χ3v) is 1.57. The van der Waals surface area contributed by atoms with Crippen LogP contribution in [0.3, 0.4) is 0 Å². The van der Waals surface area contributed by atoms with Gasteiger partial charge in [-0.15, -0.1) is 0 Å². The Morgan fingerprint density at radius 1 is 1.64 bits per heavy atom. The third-order valence-electron chi connectivity index (χ3n) is 1.57. The highest BCUT2D eigenvalue weighted by atomic mass is 16.5. The van der Waals surface area contributed by atoms with Gasteiger partial charge < -0.3 is 15.7 Å². The van der Waals surface area contributed by atoms with Gasteiger partial charge in [0.25, 0.3) is 0 Å². The summed E-state index contributed by atoms with van der Waals surface area (Å²) in [6, 6.07) is 1.64. The summed E-state index contributed by atoms with van der Waals surface area (Å²) >= 11 is 0. The molecule has 0 aliphatic rings. The summed E-state index contributed by atoms with van der Waals surface area (Å²) in [5.41, 5.74) is 6.00. The normalized spacial score (nSPS) is 11.4. The van der Waals surface area contributed by atoms with E-state index in [1.54, 1.807) is 13.0 Å². The lowest BCUT2D eigenvalue weighted by Gasteiger charge is -2.03. The first kappa shape index (κ1) is 10.2. The molecule has 0 saturated heterocycles. The minimum atomic E-state index is 0.102. The predicted molar refractivity (Wildman–Crippen MR) is 50.4 cm³/mol. The molecular formula is C8H12N4O2. The van der Waals surface area contributed by atoms with Crippen LogP contribution in [0.25, 0.3) is 0 Å². The van der Waals surface area contributed by atoms with Gasteiger partial charge in [-0.1, -0.05) is 5.16 Å². The van der Waals surface area contributed by atoms with Gasteiger partial charge in [-0.05, 0) is 6.92 Å². The maximum Gasteiger partial charge on any atom is 0.216 e. The van der Waals surface area contributed by atoms with Crippen LogP contribution in [0.1, 0.15) is 11.5 Å². The van der Waals surface area contributed by atoms with Crippen molar-refractivity contribution in [3.63, 3.8) is 0 Å². The maximum atomic E-state index is 8.38. The van der Waals surface area contributed by atoms with Crippen LogP contribution in [-0.2, 0) is 6.42 Å². The van der Waals surface area contributed by atoms with Gasteiger partial charge in [0.1, 0.15) is 11.7 Å². The smallest absolute Gasteiger partial charge is 0.216 e. The second kappa shape index (κ2) is 4.40. The van der Waals surface area contributed by atoms with Crippen molar-refractivity contribution < 1.29 is 9.94 Å². The lowest BCUT2D eigenvalue weighted by Crippen LogP contribution is -2.16. The second-order valence-corrected chi connectivity index (χ2v) is 2.72. The van der Waals surface area contributed by atoms with Crippen LogP contribution < -0.4 is 10.5 Å². The number of hydrogen-bond acceptors (Lipinski definition) is 5. The Morgan fingerprint density at radius 2 is 2.36 bits per heavy atom. The van der Waals surface area contributed by atoms with Gasteiger partial charge in [0, 0.05) is 6.07 Å². The largest absolute Gasteiger partial charge is 0.481 e. The van der Waals surface area contributed by atoms with Crippen LogP contribution in [0.15, 0.2) is 11.2 Å². The molecule has 0 fully saturated rings. The molecule has 0 amide bonds. The monoisotopic (exact) mass is 196 g/mol. The molecule has 1 aromatic heterocycles. The Bertz CT molecular complexity index is 351. The summed E-state index contributed by atoms with van der Waals surface area (Å²) in [6.45, 7) is 1.75. The van der Waals surface area contributed by atoms with Gasteiger partial charge in [0.05, 0.1) is 19.2 Å². The molecule has 0 radical (unpaired) electrons.